The van der Waals surface area contributed by atoms with E-state index in [1.54, 1.807) is 6.20 Å². The Morgan fingerprint density at radius 2 is 2.04 bits per heavy atom. The fourth-order valence-electron chi connectivity index (χ4n) is 3.99. The van der Waals surface area contributed by atoms with E-state index in [1.165, 1.54) is 0 Å². The third kappa shape index (κ3) is 3.41. The predicted molar refractivity (Wildman–Crippen MR) is 94.0 cm³/mol. The number of aliphatic hydroxyl groups is 1. The Labute approximate surface area is 147 Å². The van der Waals surface area contributed by atoms with Gasteiger partial charge >= 0.3 is 0 Å². The van der Waals surface area contributed by atoms with E-state index in [1.807, 2.05) is 29.4 Å². The maximum Gasteiger partial charge on any atom is 0.225 e. The molecule has 0 spiro atoms. The zero-order valence-corrected chi connectivity index (χ0v) is 14.4. The molecule has 6 heteroatoms. The van der Waals surface area contributed by atoms with E-state index < -0.39 is 5.60 Å². The second-order valence-electron chi connectivity index (χ2n) is 7.31. The van der Waals surface area contributed by atoms with Crippen LogP contribution in [0, 0.1) is 5.92 Å². The summed E-state index contributed by atoms with van der Waals surface area (Å²) in [4.78, 5) is 18.7. The molecule has 1 amide bonds. The van der Waals surface area contributed by atoms with Gasteiger partial charge in [-0.2, -0.15) is 0 Å². The van der Waals surface area contributed by atoms with Gasteiger partial charge in [0.25, 0.3) is 0 Å². The summed E-state index contributed by atoms with van der Waals surface area (Å²) in [6.45, 7) is 3.17. The van der Waals surface area contributed by atoms with Crippen LogP contribution in [0.1, 0.15) is 25.7 Å². The van der Waals surface area contributed by atoms with Crippen LogP contribution in [-0.4, -0.2) is 57.4 Å². The lowest BCUT2D eigenvalue weighted by Crippen LogP contribution is -2.50. The normalized spacial score (nSPS) is 21.6. The number of amides is 1. The van der Waals surface area contributed by atoms with Crippen molar-refractivity contribution >= 4 is 16.8 Å². The first-order valence-corrected chi connectivity index (χ1v) is 9.12. The van der Waals surface area contributed by atoms with Gasteiger partial charge in [0, 0.05) is 50.0 Å². The van der Waals surface area contributed by atoms with Gasteiger partial charge < -0.3 is 19.3 Å². The van der Waals surface area contributed by atoms with Crippen molar-refractivity contribution in [3.8, 4) is 0 Å². The number of piperidine rings is 1. The first kappa shape index (κ1) is 16.5. The minimum Gasteiger partial charge on any atom is -0.388 e. The molecular weight excluding hydrogens is 318 g/mol. The molecule has 2 aromatic heterocycles. The highest BCUT2D eigenvalue weighted by molar-refractivity contribution is 5.79. The van der Waals surface area contributed by atoms with E-state index in [-0.39, 0.29) is 11.8 Å². The average Bonchev–Trinajstić information content (AvgIpc) is 3.05. The monoisotopic (exact) mass is 343 g/mol. The van der Waals surface area contributed by atoms with Crippen LogP contribution in [0.2, 0.25) is 0 Å². The Morgan fingerprint density at radius 1 is 1.28 bits per heavy atom. The molecule has 6 nitrogen and oxygen atoms in total. The molecule has 1 N–H and O–H groups in total. The molecule has 0 radical (unpaired) electrons. The van der Waals surface area contributed by atoms with Crippen LogP contribution >= 0.6 is 0 Å². The number of likely N-dealkylation sites (tertiary alicyclic amines) is 1. The Balaban J connectivity index is 1.39. The molecule has 2 aliphatic rings. The number of hydrogen-bond donors (Lipinski definition) is 1. The summed E-state index contributed by atoms with van der Waals surface area (Å²) >= 11 is 0. The summed E-state index contributed by atoms with van der Waals surface area (Å²) in [5.41, 5.74) is 0.269. The lowest BCUT2D eigenvalue weighted by atomic mass is 9.89. The maximum atomic E-state index is 12.6. The summed E-state index contributed by atoms with van der Waals surface area (Å²) in [6, 6.07) is 4.02. The molecule has 134 valence electrons. The molecule has 4 rings (SSSR count). The van der Waals surface area contributed by atoms with E-state index in [4.69, 9.17) is 4.74 Å². The van der Waals surface area contributed by atoms with Crippen LogP contribution in [-0.2, 0) is 16.1 Å². The number of rotatable bonds is 3. The van der Waals surface area contributed by atoms with Gasteiger partial charge in [0.15, 0.2) is 0 Å². The number of carbonyl (C=O) groups is 1. The molecule has 0 aliphatic carbocycles. The number of carbonyl (C=O) groups excluding carboxylic acids is 1. The van der Waals surface area contributed by atoms with E-state index in [0.717, 1.165) is 23.7 Å². The summed E-state index contributed by atoms with van der Waals surface area (Å²) in [7, 11) is 0. The summed E-state index contributed by atoms with van der Waals surface area (Å²) in [5, 5.41) is 12.1. The van der Waals surface area contributed by atoms with Crippen LogP contribution in [0.25, 0.3) is 10.9 Å². The van der Waals surface area contributed by atoms with Crippen molar-refractivity contribution in [2.75, 3.05) is 26.3 Å². The molecule has 2 aliphatic heterocycles. The standard InChI is InChI=1S/C19H25N3O3/c23-18(16-3-11-25-12-4-16)21-9-5-19(24,6-10-21)14-22-8-2-15-1-7-20-13-17(15)22/h1-2,7-8,13,16,24H,3-6,9-12,14H2. The van der Waals surface area contributed by atoms with Crippen LogP contribution in [0.4, 0.5) is 0 Å². The third-order valence-electron chi connectivity index (χ3n) is 5.62. The Hall–Kier alpha value is -1.92. The van der Waals surface area contributed by atoms with E-state index in [2.05, 4.69) is 9.55 Å². The molecule has 4 heterocycles. The second-order valence-corrected chi connectivity index (χ2v) is 7.31. The van der Waals surface area contributed by atoms with Gasteiger partial charge in [-0.15, -0.1) is 0 Å². The molecule has 0 atom stereocenters. The minimum atomic E-state index is -0.770. The molecule has 25 heavy (non-hydrogen) atoms. The fraction of sp³-hybridized carbons (Fsp3) is 0.579. The van der Waals surface area contributed by atoms with Crippen molar-refractivity contribution in [1.82, 2.24) is 14.5 Å². The zero-order chi connectivity index (χ0) is 17.3. The van der Waals surface area contributed by atoms with Crippen molar-refractivity contribution in [3.05, 3.63) is 30.7 Å². The highest BCUT2D eigenvalue weighted by Crippen LogP contribution is 2.28. The van der Waals surface area contributed by atoms with E-state index in [9.17, 15) is 9.90 Å². The minimum absolute atomic E-state index is 0.0967. The number of fused-ring (bicyclic) bond motifs is 1. The first-order valence-electron chi connectivity index (χ1n) is 9.12. The highest BCUT2D eigenvalue weighted by atomic mass is 16.5. The molecule has 2 saturated heterocycles. The van der Waals surface area contributed by atoms with E-state index in [0.29, 0.717) is 45.7 Å². The molecule has 0 unspecified atom stereocenters. The van der Waals surface area contributed by atoms with Gasteiger partial charge in [-0.25, -0.2) is 0 Å². The van der Waals surface area contributed by atoms with Gasteiger partial charge in [-0.05, 0) is 37.8 Å². The zero-order valence-electron chi connectivity index (χ0n) is 14.4. The molecule has 0 bridgehead atoms. The third-order valence-corrected chi connectivity index (χ3v) is 5.62. The quantitative estimate of drug-likeness (QED) is 0.923. The smallest absolute Gasteiger partial charge is 0.225 e. The van der Waals surface area contributed by atoms with Crippen molar-refractivity contribution in [2.24, 2.45) is 5.92 Å². The predicted octanol–water partition coefficient (Wildman–Crippen LogP) is 1.82. The number of ether oxygens (including phenoxy) is 1. The first-order chi connectivity index (χ1) is 12.1. The van der Waals surface area contributed by atoms with Crippen LogP contribution in [0.5, 0.6) is 0 Å². The lowest BCUT2D eigenvalue weighted by molar-refractivity contribution is -0.143. The Morgan fingerprint density at radius 3 is 2.80 bits per heavy atom. The number of aromatic nitrogens is 2. The van der Waals surface area contributed by atoms with Gasteiger partial charge in [-0.3, -0.25) is 9.78 Å². The van der Waals surface area contributed by atoms with Gasteiger partial charge in [0.2, 0.25) is 5.91 Å². The van der Waals surface area contributed by atoms with Crippen molar-refractivity contribution in [1.29, 1.82) is 0 Å². The topological polar surface area (TPSA) is 67.6 Å². The Kier molecular flexibility index (Phi) is 4.48. The van der Waals surface area contributed by atoms with E-state index >= 15 is 0 Å². The number of nitrogens with zero attached hydrogens (tertiary/aromatic N) is 3. The summed E-state index contributed by atoms with van der Waals surface area (Å²) in [5.74, 6) is 0.334. The lowest BCUT2D eigenvalue weighted by Gasteiger charge is -2.40. The summed E-state index contributed by atoms with van der Waals surface area (Å²) < 4.78 is 7.41. The molecule has 2 aromatic rings. The van der Waals surface area contributed by atoms with Gasteiger partial charge in [0.05, 0.1) is 23.9 Å². The Bertz CT molecular complexity index is 743. The molecule has 2 fully saturated rings. The van der Waals surface area contributed by atoms with Crippen LogP contribution < -0.4 is 0 Å². The second kappa shape index (κ2) is 6.77. The number of pyridine rings is 1. The summed E-state index contributed by atoms with van der Waals surface area (Å²) in [6.07, 6.45) is 8.49. The average molecular weight is 343 g/mol. The highest BCUT2D eigenvalue weighted by Gasteiger charge is 2.36. The molecule has 0 aromatic carbocycles. The van der Waals surface area contributed by atoms with Gasteiger partial charge in [-0.1, -0.05) is 0 Å². The molecular formula is C19H25N3O3. The maximum absolute atomic E-state index is 12.6. The number of hydrogen-bond acceptors (Lipinski definition) is 4. The fourth-order valence-corrected chi connectivity index (χ4v) is 3.99. The van der Waals surface area contributed by atoms with Gasteiger partial charge in [0.1, 0.15) is 0 Å². The molecule has 0 saturated carbocycles. The van der Waals surface area contributed by atoms with Crippen molar-refractivity contribution < 1.29 is 14.6 Å². The van der Waals surface area contributed by atoms with Crippen LogP contribution in [0.3, 0.4) is 0 Å². The SMILES string of the molecule is O=C(C1CCOCC1)N1CCC(O)(Cn2ccc3ccncc32)CC1. The van der Waals surface area contributed by atoms with Crippen molar-refractivity contribution in [2.45, 2.75) is 37.8 Å². The largest absolute Gasteiger partial charge is 0.388 e. The van der Waals surface area contributed by atoms with Crippen molar-refractivity contribution in [3.63, 3.8) is 0 Å². The van der Waals surface area contributed by atoms with Crippen LogP contribution in [0.15, 0.2) is 30.7 Å².